The number of carbonyl (C=O) groups is 1. The Bertz CT molecular complexity index is 694. The highest BCUT2D eigenvalue weighted by Crippen LogP contribution is 2.23. The van der Waals surface area contributed by atoms with Crippen molar-refractivity contribution in [3.8, 4) is 0 Å². The van der Waals surface area contributed by atoms with Crippen molar-refractivity contribution in [1.82, 2.24) is 9.55 Å². The zero-order valence-electron chi connectivity index (χ0n) is 10.6. The third-order valence-electron chi connectivity index (χ3n) is 2.73. The van der Waals surface area contributed by atoms with Crippen LogP contribution in [0.15, 0.2) is 27.7 Å². The molecule has 0 aliphatic rings. The first kappa shape index (κ1) is 13.7. The molecular formula is C13H13BrN2O3. The fourth-order valence-electron chi connectivity index (χ4n) is 1.77. The molecule has 0 aliphatic heterocycles. The molecular weight excluding hydrogens is 312 g/mol. The first-order valence-corrected chi connectivity index (χ1v) is 6.63. The number of rotatable bonds is 3. The number of ether oxygens (including phenoxy) is 1. The Kier molecular flexibility index (Phi) is 3.99. The molecule has 2 aromatic rings. The van der Waals surface area contributed by atoms with Gasteiger partial charge in [0, 0.05) is 4.47 Å². The van der Waals surface area contributed by atoms with Crippen molar-refractivity contribution in [3.05, 3.63) is 38.9 Å². The summed E-state index contributed by atoms with van der Waals surface area (Å²) in [5.74, 6) is -0.450. The Morgan fingerprint density at radius 2 is 2.21 bits per heavy atom. The molecule has 0 aliphatic carbocycles. The van der Waals surface area contributed by atoms with Gasteiger partial charge in [-0.05, 0) is 41.4 Å². The molecule has 0 unspecified atom stereocenters. The van der Waals surface area contributed by atoms with E-state index in [0.29, 0.717) is 15.4 Å². The van der Waals surface area contributed by atoms with Crippen LogP contribution in [0.25, 0.3) is 10.9 Å². The van der Waals surface area contributed by atoms with Crippen LogP contribution in [0.2, 0.25) is 0 Å². The van der Waals surface area contributed by atoms with Crippen molar-refractivity contribution in [2.45, 2.75) is 20.4 Å². The molecule has 5 nitrogen and oxygen atoms in total. The summed E-state index contributed by atoms with van der Waals surface area (Å²) in [7, 11) is 0. The fourth-order valence-corrected chi connectivity index (χ4v) is 2.27. The topological polar surface area (TPSA) is 61.2 Å². The lowest BCUT2D eigenvalue weighted by atomic mass is 10.2. The van der Waals surface area contributed by atoms with Gasteiger partial charge in [0.25, 0.3) is 5.56 Å². The predicted molar refractivity (Wildman–Crippen MR) is 75.1 cm³/mol. The predicted octanol–water partition coefficient (Wildman–Crippen LogP) is 2.03. The number of fused-ring (bicyclic) bond motifs is 1. The molecule has 100 valence electrons. The minimum atomic E-state index is -0.450. The van der Waals surface area contributed by atoms with Crippen LogP contribution in [0.5, 0.6) is 0 Å². The molecule has 1 heterocycles. The Hall–Kier alpha value is -1.69. The Morgan fingerprint density at radius 1 is 1.47 bits per heavy atom. The third-order valence-corrected chi connectivity index (χ3v) is 3.75. The van der Waals surface area contributed by atoms with E-state index in [0.717, 1.165) is 5.56 Å². The van der Waals surface area contributed by atoms with Crippen molar-refractivity contribution in [2.24, 2.45) is 0 Å². The van der Waals surface area contributed by atoms with Gasteiger partial charge in [-0.1, -0.05) is 6.07 Å². The maximum absolute atomic E-state index is 12.3. The Labute approximate surface area is 118 Å². The molecule has 0 amide bonds. The third kappa shape index (κ3) is 2.68. The second-order valence-corrected chi connectivity index (χ2v) is 4.87. The van der Waals surface area contributed by atoms with Crippen LogP contribution in [-0.2, 0) is 16.1 Å². The van der Waals surface area contributed by atoms with E-state index in [2.05, 4.69) is 20.9 Å². The number of halogens is 1. The van der Waals surface area contributed by atoms with Gasteiger partial charge in [-0.25, -0.2) is 4.98 Å². The standard InChI is InChI=1S/C13H13BrN2O3/c1-3-19-10(17)6-16-7-15-9-5-4-8(2)12(14)11(9)13(16)18/h4-5,7H,3,6H2,1-2H3. The van der Waals surface area contributed by atoms with E-state index >= 15 is 0 Å². The summed E-state index contributed by atoms with van der Waals surface area (Å²) in [6.07, 6.45) is 1.36. The van der Waals surface area contributed by atoms with Crippen LogP contribution in [0.3, 0.4) is 0 Å². The van der Waals surface area contributed by atoms with Crippen molar-refractivity contribution >= 4 is 32.8 Å². The second kappa shape index (κ2) is 5.52. The maximum atomic E-state index is 12.3. The van der Waals surface area contributed by atoms with Gasteiger partial charge in [0.05, 0.1) is 23.8 Å². The molecule has 0 saturated carbocycles. The fraction of sp³-hybridized carbons (Fsp3) is 0.308. The average molecular weight is 325 g/mol. The molecule has 0 radical (unpaired) electrons. The Morgan fingerprint density at radius 3 is 2.89 bits per heavy atom. The van der Waals surface area contributed by atoms with Crippen LogP contribution >= 0.6 is 15.9 Å². The number of hydrogen-bond donors (Lipinski definition) is 0. The molecule has 0 saturated heterocycles. The summed E-state index contributed by atoms with van der Waals surface area (Å²) < 4.78 is 6.79. The van der Waals surface area contributed by atoms with E-state index in [1.165, 1.54) is 10.9 Å². The molecule has 6 heteroatoms. The van der Waals surface area contributed by atoms with Gasteiger partial charge in [-0.3, -0.25) is 14.2 Å². The first-order chi connectivity index (χ1) is 9.04. The quantitative estimate of drug-likeness (QED) is 0.810. The first-order valence-electron chi connectivity index (χ1n) is 5.84. The number of esters is 1. The molecule has 2 rings (SSSR count). The van der Waals surface area contributed by atoms with E-state index in [1.54, 1.807) is 13.0 Å². The van der Waals surface area contributed by atoms with Crippen molar-refractivity contribution < 1.29 is 9.53 Å². The summed E-state index contributed by atoms with van der Waals surface area (Å²) >= 11 is 3.39. The van der Waals surface area contributed by atoms with Gasteiger partial charge in [-0.15, -0.1) is 0 Å². The lowest BCUT2D eigenvalue weighted by molar-refractivity contribution is -0.143. The van der Waals surface area contributed by atoms with E-state index in [9.17, 15) is 9.59 Å². The highest BCUT2D eigenvalue weighted by Gasteiger charge is 2.12. The van der Waals surface area contributed by atoms with Crippen molar-refractivity contribution in [2.75, 3.05) is 6.61 Å². The van der Waals surface area contributed by atoms with Crippen LogP contribution in [0.4, 0.5) is 0 Å². The Balaban J connectivity index is 2.54. The molecule has 1 aromatic carbocycles. The van der Waals surface area contributed by atoms with Crippen LogP contribution in [-0.4, -0.2) is 22.1 Å². The summed E-state index contributed by atoms with van der Waals surface area (Å²) in [5, 5.41) is 0.479. The summed E-state index contributed by atoms with van der Waals surface area (Å²) in [6, 6.07) is 3.67. The van der Waals surface area contributed by atoms with E-state index in [4.69, 9.17) is 4.74 Å². The lowest BCUT2D eigenvalue weighted by Gasteiger charge is -2.08. The number of carbonyl (C=O) groups excluding carboxylic acids is 1. The van der Waals surface area contributed by atoms with Crippen LogP contribution in [0.1, 0.15) is 12.5 Å². The van der Waals surface area contributed by atoms with Gasteiger partial charge in [0.2, 0.25) is 0 Å². The largest absolute Gasteiger partial charge is 0.465 e. The summed E-state index contributed by atoms with van der Waals surface area (Å²) in [6.45, 7) is 3.78. The van der Waals surface area contributed by atoms with Crippen LogP contribution in [0, 0.1) is 6.92 Å². The molecule has 0 atom stereocenters. The SMILES string of the molecule is CCOC(=O)Cn1cnc2ccc(C)c(Br)c2c1=O. The zero-order chi connectivity index (χ0) is 14.0. The average Bonchev–Trinajstić information content (AvgIpc) is 2.37. The number of nitrogens with zero attached hydrogens (tertiary/aromatic N) is 2. The van der Waals surface area contributed by atoms with Crippen LogP contribution < -0.4 is 5.56 Å². The monoisotopic (exact) mass is 324 g/mol. The maximum Gasteiger partial charge on any atom is 0.326 e. The molecule has 0 fully saturated rings. The number of aryl methyl sites for hydroxylation is 1. The minimum absolute atomic E-state index is 0.129. The molecule has 0 N–H and O–H groups in total. The van der Waals surface area contributed by atoms with E-state index in [-0.39, 0.29) is 18.7 Å². The summed E-state index contributed by atoms with van der Waals surface area (Å²) in [5.41, 5.74) is 1.29. The molecule has 0 bridgehead atoms. The van der Waals surface area contributed by atoms with E-state index < -0.39 is 5.97 Å². The lowest BCUT2D eigenvalue weighted by Crippen LogP contribution is -2.26. The smallest absolute Gasteiger partial charge is 0.326 e. The van der Waals surface area contributed by atoms with E-state index in [1.807, 2.05) is 13.0 Å². The van der Waals surface area contributed by atoms with Crippen molar-refractivity contribution in [1.29, 1.82) is 0 Å². The summed E-state index contributed by atoms with van der Waals surface area (Å²) in [4.78, 5) is 27.9. The molecule has 1 aromatic heterocycles. The zero-order valence-corrected chi connectivity index (χ0v) is 12.2. The highest BCUT2D eigenvalue weighted by molar-refractivity contribution is 9.10. The van der Waals surface area contributed by atoms with Crippen molar-refractivity contribution in [3.63, 3.8) is 0 Å². The van der Waals surface area contributed by atoms with Gasteiger partial charge < -0.3 is 4.74 Å². The van der Waals surface area contributed by atoms with Gasteiger partial charge in [0.15, 0.2) is 0 Å². The number of hydrogen-bond acceptors (Lipinski definition) is 4. The molecule has 0 spiro atoms. The second-order valence-electron chi connectivity index (χ2n) is 4.07. The minimum Gasteiger partial charge on any atom is -0.465 e. The van der Waals surface area contributed by atoms with Gasteiger partial charge in [-0.2, -0.15) is 0 Å². The molecule has 19 heavy (non-hydrogen) atoms. The number of aromatic nitrogens is 2. The van der Waals surface area contributed by atoms with Gasteiger partial charge >= 0.3 is 5.97 Å². The highest BCUT2D eigenvalue weighted by atomic mass is 79.9. The normalized spacial score (nSPS) is 10.7. The van der Waals surface area contributed by atoms with Gasteiger partial charge in [0.1, 0.15) is 6.54 Å². The number of benzene rings is 1.